The number of benzene rings is 3. The maximum Gasteiger partial charge on any atom is 0.416 e. The molecule has 1 aromatic heterocycles. The molecule has 0 aliphatic carbocycles. The third-order valence-electron chi connectivity index (χ3n) is 9.30. The second-order valence-corrected chi connectivity index (χ2v) is 13.1. The molecule has 2 atom stereocenters. The average Bonchev–Trinajstić information content (AvgIpc) is 3.05. The molecule has 4 aromatic rings. The summed E-state index contributed by atoms with van der Waals surface area (Å²) in [5, 5.41) is 2.54. The molecular formula is C39H38F7N3O5. The van der Waals surface area contributed by atoms with Crippen molar-refractivity contribution in [3.05, 3.63) is 116 Å². The van der Waals surface area contributed by atoms with Gasteiger partial charge in [-0.2, -0.15) is 13.2 Å². The highest BCUT2D eigenvalue weighted by Gasteiger charge is 2.38. The van der Waals surface area contributed by atoms with E-state index < -0.39 is 82.4 Å². The van der Waals surface area contributed by atoms with Crippen LogP contribution in [0.2, 0.25) is 0 Å². The molecule has 6 rings (SSSR count). The molecule has 1 saturated heterocycles. The first-order chi connectivity index (χ1) is 25.0. The average molecular weight is 762 g/mol. The van der Waals surface area contributed by atoms with Crippen LogP contribution >= 0.6 is 0 Å². The maximum absolute atomic E-state index is 16.1. The number of nitrogens with one attached hydrogen (secondary N) is 1. The summed E-state index contributed by atoms with van der Waals surface area (Å²) in [4.78, 5) is 42.5. The fraction of sp³-hybridized carbons (Fsp3) is 0.359. The molecule has 1 N–H and O–H groups in total. The molecule has 1 unspecified atom stereocenters. The molecule has 0 radical (unpaired) electrons. The van der Waals surface area contributed by atoms with E-state index >= 15 is 8.78 Å². The first-order valence-corrected chi connectivity index (χ1v) is 16.8. The van der Waals surface area contributed by atoms with Crippen LogP contribution < -0.4 is 15.6 Å². The lowest BCUT2D eigenvalue weighted by molar-refractivity contribution is -0.144. The van der Waals surface area contributed by atoms with Crippen LogP contribution in [0.15, 0.2) is 59.5 Å². The fourth-order valence-electron chi connectivity index (χ4n) is 6.80. The normalized spacial score (nSPS) is 17.4. The molecule has 0 saturated carbocycles. The minimum Gasteiger partial charge on any atom is -0.466 e. The van der Waals surface area contributed by atoms with Crippen LogP contribution in [0.4, 0.5) is 30.7 Å². The standard InChI is InChI=1S/C38H34F7N3O5.CH4/c1-4-52-33(50)15-30-27-11-22(9-20(3)35(27)42)34-19(2)10-23(39)12-31(34)53-25-5-6-29(41)26(13-25)36(37(51)46-30)48-16-21(7-8-47-17-24(40)18-47)28(14-32(48)49)38(43,44)45;/h5-6,9-14,16,24,30,36H,4,7-8,15,17-18H2,1-3H3,(H,46,51);1H4/t30-,36?;/m0./s1. The highest BCUT2D eigenvalue weighted by Crippen LogP contribution is 2.41. The number of halogens is 7. The van der Waals surface area contributed by atoms with Gasteiger partial charge in [-0.25, -0.2) is 17.6 Å². The maximum atomic E-state index is 16.1. The summed E-state index contributed by atoms with van der Waals surface area (Å²) in [6, 6.07) is 4.94. The van der Waals surface area contributed by atoms with E-state index in [0.29, 0.717) is 27.3 Å². The summed E-state index contributed by atoms with van der Waals surface area (Å²) in [6.07, 6.45) is -6.28. The van der Waals surface area contributed by atoms with Gasteiger partial charge in [0.2, 0.25) is 5.91 Å². The number of fused-ring (bicyclic) bond motifs is 6. The molecule has 3 heterocycles. The lowest BCUT2D eigenvalue weighted by atomic mass is 9.92. The lowest BCUT2D eigenvalue weighted by Gasteiger charge is -2.34. The van der Waals surface area contributed by atoms with E-state index in [1.807, 2.05) is 0 Å². The van der Waals surface area contributed by atoms with Crippen LogP contribution in [0, 0.1) is 31.3 Å². The van der Waals surface area contributed by atoms with Crippen molar-refractivity contribution in [2.45, 2.75) is 65.5 Å². The van der Waals surface area contributed by atoms with Crippen molar-refractivity contribution in [3.63, 3.8) is 0 Å². The van der Waals surface area contributed by atoms with E-state index in [2.05, 4.69) is 5.32 Å². The van der Waals surface area contributed by atoms with Crippen LogP contribution in [0.5, 0.6) is 11.5 Å². The number of hydrogen-bond donors (Lipinski definition) is 1. The molecule has 0 spiro atoms. The molecule has 1 amide bonds. The Bertz CT molecular complexity index is 2150. The van der Waals surface area contributed by atoms with E-state index in [0.717, 1.165) is 24.4 Å². The van der Waals surface area contributed by atoms with Crippen molar-refractivity contribution in [1.82, 2.24) is 14.8 Å². The number of pyridine rings is 1. The molecule has 4 bridgehead atoms. The second kappa shape index (κ2) is 15.7. The van der Waals surface area contributed by atoms with Crippen LogP contribution in [0.1, 0.15) is 66.2 Å². The minimum atomic E-state index is -5.00. The van der Waals surface area contributed by atoms with Gasteiger partial charge < -0.3 is 14.8 Å². The van der Waals surface area contributed by atoms with Gasteiger partial charge in [0.25, 0.3) is 5.56 Å². The number of aryl methyl sites for hydroxylation is 2. The first kappa shape index (κ1) is 40.0. The first-order valence-electron chi connectivity index (χ1n) is 16.8. The Labute approximate surface area is 306 Å². The number of carbonyl (C=O) groups excluding carboxylic acids is 2. The largest absolute Gasteiger partial charge is 0.466 e. The lowest BCUT2D eigenvalue weighted by Crippen LogP contribution is -2.49. The molecule has 54 heavy (non-hydrogen) atoms. The van der Waals surface area contributed by atoms with Gasteiger partial charge in [0.1, 0.15) is 41.2 Å². The second-order valence-electron chi connectivity index (χ2n) is 13.1. The predicted octanol–water partition coefficient (Wildman–Crippen LogP) is 7.91. The SMILES string of the molecule is C.CCOC(=O)C[C@@H]1NC(=O)C(n2cc(CCN3CC(F)C3)c(C(F)(F)F)cc2=O)c2cc(ccc2F)Oc2cc(F)cc(C)c2-c2cc(C)c(F)c1c2. The number of hydrogen-bond acceptors (Lipinski definition) is 6. The molecular weight excluding hydrogens is 723 g/mol. The number of carbonyl (C=O) groups is 2. The topological polar surface area (TPSA) is 89.9 Å². The summed E-state index contributed by atoms with van der Waals surface area (Å²) in [5.74, 6) is -4.87. The number of likely N-dealkylation sites (tertiary alicyclic amines) is 1. The van der Waals surface area contributed by atoms with Crippen molar-refractivity contribution >= 4 is 11.9 Å². The number of alkyl halides is 4. The van der Waals surface area contributed by atoms with Crippen LogP contribution in [0.3, 0.4) is 0 Å². The van der Waals surface area contributed by atoms with Gasteiger partial charge in [0.05, 0.1) is 24.6 Å². The zero-order chi connectivity index (χ0) is 38.4. The van der Waals surface area contributed by atoms with Gasteiger partial charge in [-0.05, 0) is 85.8 Å². The third kappa shape index (κ3) is 8.15. The number of nitrogens with zero attached hydrogens (tertiary/aromatic N) is 2. The van der Waals surface area contributed by atoms with Gasteiger partial charge in [0.15, 0.2) is 0 Å². The van der Waals surface area contributed by atoms with Crippen LogP contribution in [-0.4, -0.2) is 53.8 Å². The van der Waals surface area contributed by atoms with E-state index in [9.17, 15) is 36.3 Å². The van der Waals surface area contributed by atoms with Crippen molar-refractivity contribution in [1.29, 1.82) is 0 Å². The molecule has 3 aromatic carbocycles. The Kier molecular flexibility index (Phi) is 11.6. The number of esters is 1. The molecule has 2 aliphatic rings. The number of amides is 1. The molecule has 1 fully saturated rings. The monoisotopic (exact) mass is 761 g/mol. The van der Waals surface area contributed by atoms with Gasteiger partial charge in [-0.15, -0.1) is 0 Å². The van der Waals surface area contributed by atoms with E-state index in [1.54, 1.807) is 11.8 Å². The Morgan fingerprint density at radius 3 is 2.37 bits per heavy atom. The summed E-state index contributed by atoms with van der Waals surface area (Å²) >= 11 is 0. The predicted molar refractivity (Wildman–Crippen MR) is 185 cm³/mol. The third-order valence-corrected chi connectivity index (χ3v) is 9.30. The van der Waals surface area contributed by atoms with Gasteiger partial charge in [0, 0.05) is 54.7 Å². The van der Waals surface area contributed by atoms with Gasteiger partial charge >= 0.3 is 12.1 Å². The number of ether oxygens (including phenoxy) is 2. The van der Waals surface area contributed by atoms with Crippen molar-refractivity contribution in [3.8, 4) is 22.6 Å². The molecule has 2 aliphatic heterocycles. The van der Waals surface area contributed by atoms with Gasteiger partial charge in [-0.1, -0.05) is 7.43 Å². The Morgan fingerprint density at radius 1 is 0.981 bits per heavy atom. The Hall–Kier alpha value is -5.18. The zero-order valence-corrected chi connectivity index (χ0v) is 28.8. The van der Waals surface area contributed by atoms with Crippen molar-refractivity contribution in [2.24, 2.45) is 0 Å². The summed E-state index contributed by atoms with van der Waals surface area (Å²) in [5.41, 5.74) is -2.76. The smallest absolute Gasteiger partial charge is 0.416 e. The van der Waals surface area contributed by atoms with E-state index in [-0.39, 0.29) is 62.7 Å². The van der Waals surface area contributed by atoms with Crippen molar-refractivity contribution in [2.75, 3.05) is 26.2 Å². The van der Waals surface area contributed by atoms with Crippen molar-refractivity contribution < 1.29 is 49.8 Å². The zero-order valence-electron chi connectivity index (χ0n) is 28.8. The number of rotatable bonds is 7. The van der Waals surface area contributed by atoms with Crippen LogP contribution in [0.25, 0.3) is 11.1 Å². The fourth-order valence-corrected chi connectivity index (χ4v) is 6.80. The highest BCUT2D eigenvalue weighted by molar-refractivity contribution is 5.85. The summed E-state index contributed by atoms with van der Waals surface area (Å²) in [7, 11) is 0. The minimum absolute atomic E-state index is 0. The molecule has 8 nitrogen and oxygen atoms in total. The highest BCUT2D eigenvalue weighted by atomic mass is 19.4. The quantitative estimate of drug-likeness (QED) is 0.152. The molecule has 15 heteroatoms. The van der Waals surface area contributed by atoms with Crippen LogP contribution in [-0.2, 0) is 26.9 Å². The van der Waals surface area contributed by atoms with E-state index in [1.165, 1.54) is 38.1 Å². The number of aromatic nitrogens is 1. The summed E-state index contributed by atoms with van der Waals surface area (Å²) in [6.45, 7) is 4.49. The Balaban J connectivity index is 0.00000561. The Morgan fingerprint density at radius 2 is 1.70 bits per heavy atom. The summed E-state index contributed by atoms with van der Waals surface area (Å²) < 4.78 is 115. The molecule has 288 valence electrons. The van der Waals surface area contributed by atoms with Gasteiger partial charge in [-0.3, -0.25) is 23.9 Å². The van der Waals surface area contributed by atoms with E-state index in [4.69, 9.17) is 9.47 Å².